The zero-order valence-electron chi connectivity index (χ0n) is 13.2. The van der Waals surface area contributed by atoms with E-state index in [1.165, 1.54) is 0 Å². The molecule has 4 rings (SSSR count). The zero-order chi connectivity index (χ0) is 16.0. The number of aryl methyl sites for hydroxylation is 1. The fourth-order valence-corrected chi connectivity index (χ4v) is 2.84. The van der Waals surface area contributed by atoms with Crippen LogP contribution in [0.5, 0.6) is 0 Å². The van der Waals surface area contributed by atoms with Crippen LogP contribution in [-0.2, 0) is 4.74 Å². The van der Waals surface area contributed by atoms with Gasteiger partial charge in [-0.15, -0.1) is 0 Å². The summed E-state index contributed by atoms with van der Waals surface area (Å²) < 4.78 is 16.7. The third-order valence-corrected chi connectivity index (χ3v) is 4.17. The van der Waals surface area contributed by atoms with Gasteiger partial charge < -0.3 is 18.6 Å². The van der Waals surface area contributed by atoms with E-state index in [9.17, 15) is 4.79 Å². The molecule has 1 amide bonds. The summed E-state index contributed by atoms with van der Waals surface area (Å²) in [7, 11) is 0. The van der Waals surface area contributed by atoms with Gasteiger partial charge >= 0.3 is 0 Å². The molecule has 0 bridgehead atoms. The summed E-state index contributed by atoms with van der Waals surface area (Å²) in [6.45, 7) is 4.64. The largest absolute Gasteiger partial charge is 0.456 e. The highest BCUT2D eigenvalue weighted by Crippen LogP contribution is 2.39. The highest BCUT2D eigenvalue weighted by molar-refractivity contribution is 5.91. The smallest absolute Gasteiger partial charge is 0.289 e. The lowest BCUT2D eigenvalue weighted by Gasteiger charge is -2.34. The molecule has 2 atom stereocenters. The van der Waals surface area contributed by atoms with Crippen LogP contribution in [0, 0.1) is 6.92 Å². The van der Waals surface area contributed by atoms with Gasteiger partial charge in [-0.2, -0.15) is 4.98 Å². The lowest BCUT2D eigenvalue weighted by Crippen LogP contribution is -2.46. The molecule has 7 nitrogen and oxygen atoms in total. The van der Waals surface area contributed by atoms with E-state index >= 15 is 0 Å². The van der Waals surface area contributed by atoms with Gasteiger partial charge in [0.05, 0.1) is 12.6 Å². The Bertz CT molecular complexity index is 718. The van der Waals surface area contributed by atoms with Gasteiger partial charge in [-0.05, 0) is 38.8 Å². The topological polar surface area (TPSA) is 81.6 Å². The monoisotopic (exact) mass is 317 g/mol. The molecule has 0 radical (unpaired) electrons. The van der Waals surface area contributed by atoms with Gasteiger partial charge in [-0.3, -0.25) is 4.79 Å². The van der Waals surface area contributed by atoms with E-state index in [4.69, 9.17) is 13.7 Å². The average Bonchev–Trinajstić information content (AvgIpc) is 3.10. The summed E-state index contributed by atoms with van der Waals surface area (Å²) in [6.07, 6.45) is 1.73. The number of hydrogen-bond acceptors (Lipinski definition) is 6. The highest BCUT2D eigenvalue weighted by atomic mass is 16.5. The van der Waals surface area contributed by atoms with E-state index in [-0.39, 0.29) is 12.0 Å². The van der Waals surface area contributed by atoms with Crippen molar-refractivity contribution in [1.82, 2.24) is 15.0 Å². The van der Waals surface area contributed by atoms with E-state index in [1.807, 2.05) is 13.8 Å². The van der Waals surface area contributed by atoms with Crippen molar-refractivity contribution in [3.63, 3.8) is 0 Å². The van der Waals surface area contributed by atoms with Crippen molar-refractivity contribution in [2.75, 3.05) is 13.1 Å². The van der Waals surface area contributed by atoms with Crippen molar-refractivity contribution in [2.24, 2.45) is 0 Å². The summed E-state index contributed by atoms with van der Waals surface area (Å²) in [4.78, 5) is 18.7. The SMILES string of the molecule is Cc1ccc(C(=O)N2C[C@@H](C)O[C@@H](c3nc(C4CC4)no3)C2)o1. The number of furan rings is 1. The Labute approximate surface area is 133 Å². The molecule has 0 spiro atoms. The summed E-state index contributed by atoms with van der Waals surface area (Å²) in [5.41, 5.74) is 0. The molecule has 0 unspecified atom stereocenters. The lowest BCUT2D eigenvalue weighted by molar-refractivity contribution is -0.0815. The van der Waals surface area contributed by atoms with Crippen LogP contribution in [0.3, 0.4) is 0 Å². The van der Waals surface area contributed by atoms with Crippen molar-refractivity contribution < 1.29 is 18.5 Å². The van der Waals surface area contributed by atoms with Crippen LogP contribution in [0.25, 0.3) is 0 Å². The van der Waals surface area contributed by atoms with Crippen LogP contribution in [0.4, 0.5) is 0 Å². The molecular weight excluding hydrogens is 298 g/mol. The van der Waals surface area contributed by atoms with Crippen LogP contribution >= 0.6 is 0 Å². The van der Waals surface area contributed by atoms with Gasteiger partial charge in [0.25, 0.3) is 11.8 Å². The maximum Gasteiger partial charge on any atom is 0.289 e. The van der Waals surface area contributed by atoms with E-state index in [2.05, 4.69) is 10.1 Å². The number of rotatable bonds is 3. The molecule has 0 N–H and O–H groups in total. The third kappa shape index (κ3) is 2.88. The minimum Gasteiger partial charge on any atom is -0.456 e. The maximum atomic E-state index is 12.6. The molecule has 2 aliphatic rings. The Balaban J connectivity index is 1.51. The minimum atomic E-state index is -0.390. The van der Waals surface area contributed by atoms with Gasteiger partial charge in [-0.1, -0.05) is 5.16 Å². The van der Waals surface area contributed by atoms with E-state index in [0.717, 1.165) is 24.4 Å². The molecular formula is C16H19N3O4. The molecule has 2 aromatic heterocycles. The molecule has 1 aliphatic heterocycles. The van der Waals surface area contributed by atoms with Crippen LogP contribution < -0.4 is 0 Å². The first-order valence-corrected chi connectivity index (χ1v) is 7.95. The lowest BCUT2D eigenvalue weighted by atomic mass is 10.2. The molecule has 23 heavy (non-hydrogen) atoms. The summed E-state index contributed by atoms with van der Waals surface area (Å²) in [5.74, 6) is 2.56. The Kier molecular flexibility index (Phi) is 3.45. The summed E-state index contributed by atoms with van der Waals surface area (Å²) in [6, 6.07) is 3.49. The summed E-state index contributed by atoms with van der Waals surface area (Å²) >= 11 is 0. The Hall–Kier alpha value is -2.15. The van der Waals surface area contributed by atoms with Crippen LogP contribution in [-0.4, -0.2) is 40.1 Å². The average molecular weight is 317 g/mol. The number of ether oxygens (including phenoxy) is 1. The van der Waals surface area contributed by atoms with Crippen molar-refractivity contribution in [2.45, 2.75) is 44.8 Å². The molecule has 122 valence electrons. The quantitative estimate of drug-likeness (QED) is 0.865. The molecule has 1 saturated carbocycles. The van der Waals surface area contributed by atoms with E-state index < -0.39 is 6.10 Å². The number of nitrogens with zero attached hydrogens (tertiary/aromatic N) is 3. The maximum absolute atomic E-state index is 12.6. The molecule has 2 aromatic rings. The molecule has 0 aromatic carbocycles. The molecule has 3 heterocycles. The van der Waals surface area contributed by atoms with Gasteiger partial charge in [0.2, 0.25) is 0 Å². The first-order valence-electron chi connectivity index (χ1n) is 7.95. The first kappa shape index (κ1) is 14.4. The van der Waals surface area contributed by atoms with E-state index in [0.29, 0.717) is 30.7 Å². The standard InChI is InChI=1S/C16H19N3O4/c1-9-3-6-12(21-9)16(20)19-7-10(2)22-13(8-19)15-17-14(18-23-15)11-4-5-11/h3,6,10-11,13H,4-5,7-8H2,1-2H3/t10-,13-/m1/s1. The second kappa shape index (κ2) is 5.49. The van der Waals surface area contributed by atoms with Crippen LogP contribution in [0.15, 0.2) is 21.1 Å². The predicted molar refractivity (Wildman–Crippen MR) is 78.9 cm³/mol. The van der Waals surface area contributed by atoms with E-state index in [1.54, 1.807) is 17.0 Å². The zero-order valence-corrected chi connectivity index (χ0v) is 13.2. The fraction of sp³-hybridized carbons (Fsp3) is 0.562. The highest BCUT2D eigenvalue weighted by Gasteiger charge is 2.36. The van der Waals surface area contributed by atoms with Crippen molar-refractivity contribution in [3.8, 4) is 0 Å². The number of carbonyl (C=O) groups is 1. The van der Waals surface area contributed by atoms with Crippen LogP contribution in [0.1, 0.15) is 59.8 Å². The second-order valence-corrected chi connectivity index (χ2v) is 6.32. The van der Waals surface area contributed by atoms with Gasteiger partial charge in [0.1, 0.15) is 5.76 Å². The Morgan fingerprint density at radius 2 is 2.13 bits per heavy atom. The Morgan fingerprint density at radius 1 is 1.30 bits per heavy atom. The number of hydrogen-bond donors (Lipinski definition) is 0. The molecule has 1 aliphatic carbocycles. The molecule has 2 fully saturated rings. The Morgan fingerprint density at radius 3 is 2.83 bits per heavy atom. The van der Waals surface area contributed by atoms with Crippen molar-refractivity contribution in [3.05, 3.63) is 35.4 Å². The fourth-order valence-electron chi connectivity index (χ4n) is 2.84. The van der Waals surface area contributed by atoms with Gasteiger partial charge in [0.15, 0.2) is 17.7 Å². The second-order valence-electron chi connectivity index (χ2n) is 6.32. The molecule has 1 saturated heterocycles. The minimum absolute atomic E-state index is 0.106. The number of carbonyl (C=O) groups excluding carboxylic acids is 1. The number of aromatic nitrogens is 2. The van der Waals surface area contributed by atoms with Crippen LogP contribution in [0.2, 0.25) is 0 Å². The normalized spacial score (nSPS) is 24.9. The van der Waals surface area contributed by atoms with Crippen molar-refractivity contribution >= 4 is 5.91 Å². The molecule has 7 heteroatoms. The van der Waals surface area contributed by atoms with Gasteiger partial charge in [0, 0.05) is 12.5 Å². The van der Waals surface area contributed by atoms with Crippen molar-refractivity contribution in [1.29, 1.82) is 0 Å². The first-order chi connectivity index (χ1) is 11.1. The number of morpholine rings is 1. The third-order valence-electron chi connectivity index (χ3n) is 4.17. The predicted octanol–water partition coefficient (Wildman–Crippen LogP) is 2.45. The number of amides is 1. The summed E-state index contributed by atoms with van der Waals surface area (Å²) in [5, 5.41) is 4.02. The van der Waals surface area contributed by atoms with Gasteiger partial charge in [-0.25, -0.2) is 0 Å².